The van der Waals surface area contributed by atoms with Crippen molar-refractivity contribution in [2.45, 2.75) is 71.3 Å². The summed E-state index contributed by atoms with van der Waals surface area (Å²) in [5.41, 5.74) is 0. The van der Waals surface area contributed by atoms with Gasteiger partial charge in [-0.1, -0.05) is 46.0 Å². The molecule has 0 aliphatic heterocycles. The van der Waals surface area contributed by atoms with Crippen LogP contribution in [0.5, 0.6) is 0 Å². The molecule has 3 heteroatoms. The summed E-state index contributed by atoms with van der Waals surface area (Å²) in [5.74, 6) is 1.73. The number of aliphatic hydroxyl groups is 1. The smallest absolute Gasteiger partial charge is 0.0897 e. The summed E-state index contributed by atoms with van der Waals surface area (Å²) in [6.07, 6.45) is 9.98. The molecular formula is C17H35NO2. The van der Waals surface area contributed by atoms with E-state index in [4.69, 9.17) is 4.74 Å². The van der Waals surface area contributed by atoms with Crippen molar-refractivity contribution in [1.82, 2.24) is 5.32 Å². The number of aliphatic hydroxyl groups excluding tert-OH is 1. The van der Waals surface area contributed by atoms with Crippen molar-refractivity contribution in [3.8, 4) is 0 Å². The summed E-state index contributed by atoms with van der Waals surface area (Å²) in [7, 11) is 0. The highest BCUT2D eigenvalue weighted by atomic mass is 16.5. The first-order valence-corrected chi connectivity index (χ1v) is 8.68. The minimum Gasteiger partial charge on any atom is -0.389 e. The van der Waals surface area contributed by atoms with E-state index in [1.54, 1.807) is 0 Å². The highest BCUT2D eigenvalue weighted by molar-refractivity contribution is 4.72. The maximum Gasteiger partial charge on any atom is 0.0897 e. The van der Waals surface area contributed by atoms with Crippen molar-refractivity contribution in [1.29, 1.82) is 0 Å². The summed E-state index contributed by atoms with van der Waals surface area (Å²) in [6, 6.07) is 0. The maximum atomic E-state index is 9.84. The van der Waals surface area contributed by atoms with Gasteiger partial charge in [0.2, 0.25) is 0 Å². The molecule has 0 aromatic rings. The van der Waals surface area contributed by atoms with Crippen LogP contribution >= 0.6 is 0 Å². The molecular weight excluding hydrogens is 250 g/mol. The van der Waals surface area contributed by atoms with Crippen LogP contribution < -0.4 is 5.32 Å². The Kier molecular flexibility index (Phi) is 10.3. The lowest BCUT2D eigenvalue weighted by atomic mass is 9.83. The molecule has 0 amide bonds. The Morgan fingerprint density at radius 2 is 1.90 bits per heavy atom. The van der Waals surface area contributed by atoms with Crippen molar-refractivity contribution >= 4 is 0 Å². The number of ether oxygens (including phenoxy) is 1. The number of hydrogen-bond acceptors (Lipinski definition) is 3. The van der Waals surface area contributed by atoms with Gasteiger partial charge in [0.05, 0.1) is 12.7 Å². The van der Waals surface area contributed by atoms with Gasteiger partial charge in [0, 0.05) is 13.2 Å². The largest absolute Gasteiger partial charge is 0.389 e. The monoisotopic (exact) mass is 285 g/mol. The van der Waals surface area contributed by atoms with E-state index in [1.807, 2.05) is 0 Å². The Morgan fingerprint density at radius 1 is 1.15 bits per heavy atom. The van der Waals surface area contributed by atoms with Crippen molar-refractivity contribution in [3.05, 3.63) is 0 Å². The van der Waals surface area contributed by atoms with Gasteiger partial charge in [-0.25, -0.2) is 0 Å². The molecule has 0 heterocycles. The first-order valence-electron chi connectivity index (χ1n) is 8.68. The van der Waals surface area contributed by atoms with Gasteiger partial charge in [0.25, 0.3) is 0 Å². The Morgan fingerprint density at radius 3 is 2.60 bits per heavy atom. The second kappa shape index (κ2) is 11.5. The third kappa shape index (κ3) is 8.93. The molecule has 1 aliphatic rings. The second-order valence-electron chi connectivity index (χ2n) is 6.57. The molecule has 0 aromatic carbocycles. The van der Waals surface area contributed by atoms with Crippen LogP contribution in [0.1, 0.15) is 65.2 Å². The maximum absolute atomic E-state index is 9.84. The molecule has 0 spiro atoms. The molecule has 1 saturated carbocycles. The predicted octanol–water partition coefficient (Wildman–Crippen LogP) is 3.36. The van der Waals surface area contributed by atoms with Crippen LogP contribution in [0, 0.1) is 11.8 Å². The average Bonchev–Trinajstić information content (AvgIpc) is 2.45. The van der Waals surface area contributed by atoms with E-state index in [2.05, 4.69) is 19.2 Å². The average molecular weight is 285 g/mol. The fourth-order valence-corrected chi connectivity index (χ4v) is 2.90. The van der Waals surface area contributed by atoms with E-state index in [0.29, 0.717) is 13.2 Å². The van der Waals surface area contributed by atoms with Crippen LogP contribution in [0.2, 0.25) is 0 Å². The highest BCUT2D eigenvalue weighted by Crippen LogP contribution is 2.27. The molecule has 120 valence electrons. The van der Waals surface area contributed by atoms with Gasteiger partial charge in [0.1, 0.15) is 0 Å². The van der Waals surface area contributed by atoms with Crippen LogP contribution in [-0.4, -0.2) is 37.5 Å². The molecule has 2 N–H and O–H groups in total. The number of rotatable bonds is 11. The van der Waals surface area contributed by atoms with Gasteiger partial charge in [-0.3, -0.25) is 0 Å². The summed E-state index contributed by atoms with van der Waals surface area (Å²) in [4.78, 5) is 0. The normalized spacial score (nSPS) is 24.8. The molecule has 1 atom stereocenters. The Labute approximate surface area is 125 Å². The van der Waals surface area contributed by atoms with E-state index in [-0.39, 0.29) is 6.10 Å². The molecule has 1 unspecified atom stereocenters. The van der Waals surface area contributed by atoms with Crippen LogP contribution in [0.3, 0.4) is 0 Å². The summed E-state index contributed by atoms with van der Waals surface area (Å²) < 4.78 is 5.51. The van der Waals surface area contributed by atoms with Crippen LogP contribution in [0.4, 0.5) is 0 Å². The van der Waals surface area contributed by atoms with E-state index in [9.17, 15) is 5.11 Å². The minimum absolute atomic E-state index is 0.358. The molecule has 0 radical (unpaired) electrons. The van der Waals surface area contributed by atoms with Crippen molar-refractivity contribution < 1.29 is 9.84 Å². The molecule has 0 bridgehead atoms. The van der Waals surface area contributed by atoms with E-state index in [1.165, 1.54) is 44.9 Å². The van der Waals surface area contributed by atoms with Gasteiger partial charge < -0.3 is 15.2 Å². The third-order valence-electron chi connectivity index (χ3n) is 4.40. The molecule has 0 saturated heterocycles. The molecule has 3 nitrogen and oxygen atoms in total. The van der Waals surface area contributed by atoms with E-state index in [0.717, 1.165) is 31.4 Å². The lowest BCUT2D eigenvalue weighted by Gasteiger charge is -2.26. The van der Waals surface area contributed by atoms with Crippen molar-refractivity contribution in [2.75, 3.05) is 26.3 Å². The summed E-state index contributed by atoms with van der Waals surface area (Å²) in [5, 5.41) is 13.2. The standard InChI is InChI=1S/C17H35NO2/c1-3-4-5-6-11-20-14-17(19)13-18-12-16-9-7-15(2)8-10-16/h15-19H,3-14H2,1-2H3. The topological polar surface area (TPSA) is 41.5 Å². The highest BCUT2D eigenvalue weighted by Gasteiger charge is 2.17. The van der Waals surface area contributed by atoms with Crippen LogP contribution in [0.15, 0.2) is 0 Å². The zero-order valence-electron chi connectivity index (χ0n) is 13.6. The second-order valence-corrected chi connectivity index (χ2v) is 6.57. The van der Waals surface area contributed by atoms with Gasteiger partial charge in [-0.05, 0) is 37.6 Å². The lowest BCUT2D eigenvalue weighted by molar-refractivity contribution is 0.0348. The SMILES string of the molecule is CCCCCCOCC(O)CNCC1CCC(C)CC1. The summed E-state index contributed by atoms with van der Waals surface area (Å²) >= 11 is 0. The van der Waals surface area contributed by atoms with Crippen molar-refractivity contribution in [2.24, 2.45) is 11.8 Å². The number of hydrogen-bond donors (Lipinski definition) is 2. The number of nitrogens with one attached hydrogen (secondary N) is 1. The van der Waals surface area contributed by atoms with E-state index < -0.39 is 0 Å². The fourth-order valence-electron chi connectivity index (χ4n) is 2.90. The molecule has 1 aliphatic carbocycles. The van der Waals surface area contributed by atoms with Gasteiger partial charge in [-0.2, -0.15) is 0 Å². The van der Waals surface area contributed by atoms with Crippen LogP contribution in [0.25, 0.3) is 0 Å². The van der Waals surface area contributed by atoms with E-state index >= 15 is 0 Å². The zero-order valence-corrected chi connectivity index (χ0v) is 13.6. The van der Waals surface area contributed by atoms with Crippen LogP contribution in [-0.2, 0) is 4.74 Å². The molecule has 0 aromatic heterocycles. The quantitative estimate of drug-likeness (QED) is 0.572. The minimum atomic E-state index is -0.358. The first-order chi connectivity index (χ1) is 9.72. The fraction of sp³-hybridized carbons (Fsp3) is 1.00. The van der Waals surface area contributed by atoms with Gasteiger partial charge in [-0.15, -0.1) is 0 Å². The Bertz CT molecular complexity index is 215. The Balaban J connectivity index is 1.88. The van der Waals surface area contributed by atoms with Crippen molar-refractivity contribution in [3.63, 3.8) is 0 Å². The molecule has 1 fully saturated rings. The molecule has 1 rings (SSSR count). The summed E-state index contributed by atoms with van der Waals surface area (Å²) in [6.45, 7) is 7.55. The predicted molar refractivity (Wildman–Crippen MR) is 85.0 cm³/mol. The first kappa shape index (κ1) is 17.9. The molecule has 20 heavy (non-hydrogen) atoms. The third-order valence-corrected chi connectivity index (χ3v) is 4.40. The van der Waals surface area contributed by atoms with Gasteiger partial charge >= 0.3 is 0 Å². The Hall–Kier alpha value is -0.120. The van der Waals surface area contributed by atoms with Gasteiger partial charge in [0.15, 0.2) is 0 Å². The zero-order chi connectivity index (χ0) is 14.6. The lowest BCUT2D eigenvalue weighted by Crippen LogP contribution is -2.34. The number of unbranched alkanes of at least 4 members (excludes halogenated alkanes) is 3.